The van der Waals surface area contributed by atoms with Gasteiger partial charge in [-0.05, 0) is 62.1 Å². The highest BCUT2D eigenvalue weighted by Crippen LogP contribution is 2.19. The lowest BCUT2D eigenvalue weighted by molar-refractivity contribution is 0.0735. The Morgan fingerprint density at radius 3 is 2.56 bits per heavy atom. The molecule has 2 amide bonds. The molecule has 0 bridgehead atoms. The molecule has 0 radical (unpaired) electrons. The molecule has 1 fully saturated rings. The number of carbonyl (C=O) groups excluding carboxylic acids is 2. The van der Waals surface area contributed by atoms with Crippen molar-refractivity contribution in [2.75, 3.05) is 19.6 Å². The van der Waals surface area contributed by atoms with Gasteiger partial charge in [-0.3, -0.25) is 9.59 Å². The minimum Gasteiger partial charge on any atom is -0.454 e. The number of amides is 2. The predicted octanol–water partition coefficient (Wildman–Crippen LogP) is 4.73. The number of aromatic nitrogens is 1. The van der Waals surface area contributed by atoms with Gasteiger partial charge in [-0.15, -0.1) is 0 Å². The zero-order chi connectivity index (χ0) is 22.5. The number of hydrogen-bond acceptors (Lipinski definition) is 3. The summed E-state index contributed by atoms with van der Waals surface area (Å²) in [6.07, 6.45) is 4.99. The van der Waals surface area contributed by atoms with E-state index in [4.69, 9.17) is 4.42 Å². The number of benzene rings is 1. The van der Waals surface area contributed by atoms with Gasteiger partial charge in [0.25, 0.3) is 11.8 Å². The lowest BCUT2D eigenvalue weighted by Crippen LogP contribution is -2.32. The van der Waals surface area contributed by atoms with E-state index >= 15 is 0 Å². The lowest BCUT2D eigenvalue weighted by atomic mass is 10.1. The van der Waals surface area contributed by atoms with Gasteiger partial charge < -0.3 is 18.8 Å². The average molecular weight is 434 g/mol. The summed E-state index contributed by atoms with van der Waals surface area (Å²) in [5.74, 6) is 1.16. The summed E-state index contributed by atoms with van der Waals surface area (Å²) < 4.78 is 7.96. The Balaban J connectivity index is 1.47. The van der Waals surface area contributed by atoms with Crippen LogP contribution in [0, 0.1) is 6.92 Å². The predicted molar refractivity (Wildman–Crippen MR) is 124 cm³/mol. The second-order valence-electron chi connectivity index (χ2n) is 8.43. The number of carbonyl (C=O) groups is 2. The van der Waals surface area contributed by atoms with Crippen molar-refractivity contribution in [1.29, 1.82) is 0 Å². The summed E-state index contributed by atoms with van der Waals surface area (Å²) in [6.45, 7) is 7.39. The van der Waals surface area contributed by atoms with Crippen LogP contribution in [0.4, 0.5) is 0 Å². The first-order valence-electron chi connectivity index (χ1n) is 11.4. The zero-order valence-corrected chi connectivity index (χ0v) is 18.9. The molecule has 1 aliphatic heterocycles. The minimum absolute atomic E-state index is 0.0283. The first kappa shape index (κ1) is 21.9. The van der Waals surface area contributed by atoms with E-state index in [1.807, 2.05) is 65.4 Å². The van der Waals surface area contributed by atoms with E-state index in [1.165, 1.54) is 0 Å². The molecule has 0 aliphatic carbocycles. The number of hydrogen-bond donors (Lipinski definition) is 0. The number of rotatable bonds is 8. The zero-order valence-electron chi connectivity index (χ0n) is 18.9. The van der Waals surface area contributed by atoms with Crippen LogP contribution in [0.1, 0.15) is 64.1 Å². The van der Waals surface area contributed by atoms with Gasteiger partial charge in [-0.2, -0.15) is 0 Å². The largest absolute Gasteiger partial charge is 0.454 e. The van der Waals surface area contributed by atoms with Crippen LogP contribution in [-0.4, -0.2) is 45.8 Å². The van der Waals surface area contributed by atoms with Crippen molar-refractivity contribution in [3.8, 4) is 0 Å². The third kappa shape index (κ3) is 4.79. The third-order valence-electron chi connectivity index (χ3n) is 6.02. The van der Waals surface area contributed by atoms with Crippen molar-refractivity contribution in [2.24, 2.45) is 0 Å². The summed E-state index contributed by atoms with van der Waals surface area (Å²) in [4.78, 5) is 29.5. The van der Waals surface area contributed by atoms with Gasteiger partial charge in [0.15, 0.2) is 5.76 Å². The fourth-order valence-corrected chi connectivity index (χ4v) is 4.27. The molecule has 3 heterocycles. The van der Waals surface area contributed by atoms with E-state index < -0.39 is 0 Å². The van der Waals surface area contributed by atoms with Gasteiger partial charge in [-0.25, -0.2) is 0 Å². The number of furan rings is 1. The van der Waals surface area contributed by atoms with Crippen LogP contribution < -0.4 is 0 Å². The van der Waals surface area contributed by atoms with Crippen LogP contribution in [0.15, 0.2) is 59.1 Å². The molecule has 1 saturated heterocycles. The first-order chi connectivity index (χ1) is 15.6. The summed E-state index contributed by atoms with van der Waals surface area (Å²) in [5, 5.41) is 0. The molecule has 6 nitrogen and oxygen atoms in total. The minimum atomic E-state index is -0.0283. The van der Waals surface area contributed by atoms with Gasteiger partial charge in [0.2, 0.25) is 0 Å². The van der Waals surface area contributed by atoms with Crippen molar-refractivity contribution in [3.05, 3.63) is 83.1 Å². The van der Waals surface area contributed by atoms with Crippen LogP contribution in [0.3, 0.4) is 0 Å². The van der Waals surface area contributed by atoms with Crippen LogP contribution in [0.5, 0.6) is 0 Å². The Morgan fingerprint density at radius 1 is 1.03 bits per heavy atom. The molecule has 0 saturated carbocycles. The summed E-state index contributed by atoms with van der Waals surface area (Å²) in [5.41, 5.74) is 2.76. The fourth-order valence-electron chi connectivity index (χ4n) is 4.27. The molecule has 1 aliphatic rings. The second-order valence-corrected chi connectivity index (χ2v) is 8.43. The maximum absolute atomic E-state index is 13.2. The first-order valence-corrected chi connectivity index (χ1v) is 11.4. The van der Waals surface area contributed by atoms with E-state index in [-0.39, 0.29) is 11.8 Å². The van der Waals surface area contributed by atoms with Crippen LogP contribution in [-0.2, 0) is 13.1 Å². The standard InChI is InChI=1S/C26H31N3O3/c1-3-14-29(25(30)23-11-5-4-9-20(23)2)18-21-10-8-17-28(21)19-22-12-13-24(32-22)26(31)27-15-6-7-16-27/h4-5,8-13,17H,3,6-7,14-16,18-19H2,1-2H3. The van der Waals surface area contributed by atoms with E-state index in [0.29, 0.717) is 25.4 Å². The fraction of sp³-hybridized carbons (Fsp3) is 0.385. The third-order valence-corrected chi connectivity index (χ3v) is 6.02. The number of likely N-dealkylation sites (tertiary alicyclic amines) is 1. The Morgan fingerprint density at radius 2 is 1.81 bits per heavy atom. The van der Waals surface area contributed by atoms with Gasteiger partial charge in [0.05, 0.1) is 13.1 Å². The van der Waals surface area contributed by atoms with Gasteiger partial charge in [-0.1, -0.05) is 25.1 Å². The van der Waals surface area contributed by atoms with Crippen molar-refractivity contribution in [3.63, 3.8) is 0 Å². The lowest BCUT2D eigenvalue weighted by Gasteiger charge is -2.24. The Labute approximate surface area is 189 Å². The SMILES string of the molecule is CCCN(Cc1cccn1Cc1ccc(C(=O)N2CCCC2)o1)C(=O)c1ccccc1C. The monoisotopic (exact) mass is 433 g/mol. The van der Waals surface area contributed by atoms with E-state index in [2.05, 4.69) is 11.5 Å². The topological polar surface area (TPSA) is 58.7 Å². The molecule has 2 aromatic heterocycles. The molecule has 1 aromatic carbocycles. The van der Waals surface area contributed by atoms with Gasteiger partial charge >= 0.3 is 0 Å². The number of nitrogens with zero attached hydrogens (tertiary/aromatic N) is 3. The van der Waals surface area contributed by atoms with Gasteiger partial charge in [0.1, 0.15) is 5.76 Å². The molecule has 168 valence electrons. The van der Waals surface area contributed by atoms with E-state index in [0.717, 1.165) is 54.9 Å². The highest BCUT2D eigenvalue weighted by Gasteiger charge is 2.23. The quantitative estimate of drug-likeness (QED) is 0.516. The highest BCUT2D eigenvalue weighted by molar-refractivity contribution is 5.95. The summed E-state index contributed by atoms with van der Waals surface area (Å²) >= 11 is 0. The summed E-state index contributed by atoms with van der Waals surface area (Å²) in [6, 6.07) is 15.4. The van der Waals surface area contributed by atoms with E-state index in [1.54, 1.807) is 6.07 Å². The van der Waals surface area contributed by atoms with Gasteiger partial charge in [0, 0.05) is 37.1 Å². The molecule has 6 heteroatoms. The second kappa shape index (κ2) is 9.90. The molecule has 0 spiro atoms. The Bertz CT molecular complexity index is 1080. The molecule has 0 unspecified atom stereocenters. The Hall–Kier alpha value is -3.28. The van der Waals surface area contributed by atoms with Crippen LogP contribution in [0.25, 0.3) is 0 Å². The van der Waals surface area contributed by atoms with Crippen molar-refractivity contribution < 1.29 is 14.0 Å². The van der Waals surface area contributed by atoms with Crippen LogP contribution >= 0.6 is 0 Å². The average Bonchev–Trinajstić information content (AvgIpc) is 3.56. The summed E-state index contributed by atoms with van der Waals surface area (Å²) in [7, 11) is 0. The molecular weight excluding hydrogens is 402 g/mol. The van der Waals surface area contributed by atoms with Crippen LogP contribution in [0.2, 0.25) is 0 Å². The molecule has 0 atom stereocenters. The van der Waals surface area contributed by atoms with Crippen molar-refractivity contribution in [1.82, 2.24) is 14.4 Å². The highest BCUT2D eigenvalue weighted by atomic mass is 16.4. The Kier molecular flexibility index (Phi) is 6.78. The molecule has 3 aromatic rings. The smallest absolute Gasteiger partial charge is 0.289 e. The molecule has 4 rings (SSSR count). The number of aryl methyl sites for hydroxylation is 1. The van der Waals surface area contributed by atoms with E-state index in [9.17, 15) is 9.59 Å². The maximum Gasteiger partial charge on any atom is 0.289 e. The maximum atomic E-state index is 13.2. The normalized spacial score (nSPS) is 13.5. The molecule has 32 heavy (non-hydrogen) atoms. The molecular formula is C26H31N3O3. The molecule has 0 N–H and O–H groups in total. The van der Waals surface area contributed by atoms with Crippen molar-refractivity contribution >= 4 is 11.8 Å². The van der Waals surface area contributed by atoms with Crippen molar-refractivity contribution in [2.45, 2.75) is 46.2 Å².